The number of nitrogens with one attached hydrogen (secondary N) is 1. The van der Waals surface area contributed by atoms with Crippen molar-refractivity contribution in [3.8, 4) is 0 Å². The Hall–Kier alpha value is -1.45. The van der Waals surface area contributed by atoms with E-state index in [1.54, 1.807) is 14.0 Å². The van der Waals surface area contributed by atoms with Crippen molar-refractivity contribution in [1.82, 2.24) is 10.1 Å². The first-order valence-electron chi connectivity index (χ1n) is 5.02. The van der Waals surface area contributed by atoms with Gasteiger partial charge in [-0.1, -0.05) is 20.4 Å². The molecule has 0 aromatic carbocycles. The third-order valence-corrected chi connectivity index (χ3v) is 2.43. The molecule has 0 spiro atoms. The maximum atomic E-state index is 11.6. The topological polar surface area (TPSA) is 47.2 Å². The minimum absolute atomic E-state index is 0.0865. The third kappa shape index (κ3) is 2.52. The van der Waals surface area contributed by atoms with Crippen LogP contribution in [-0.2, 0) is 13.6 Å². The predicted octanol–water partition coefficient (Wildman–Crippen LogP) is 1.55. The zero-order valence-corrected chi connectivity index (χ0v) is 9.76. The highest BCUT2D eigenvalue weighted by Gasteiger charge is 2.11. The van der Waals surface area contributed by atoms with Gasteiger partial charge in [-0.3, -0.25) is 4.79 Å². The summed E-state index contributed by atoms with van der Waals surface area (Å²) >= 11 is 0. The molecule has 4 nitrogen and oxygen atoms in total. The van der Waals surface area contributed by atoms with Gasteiger partial charge in [-0.05, 0) is 12.8 Å². The van der Waals surface area contributed by atoms with E-state index in [9.17, 15) is 4.79 Å². The van der Waals surface area contributed by atoms with E-state index in [0.29, 0.717) is 23.8 Å². The van der Waals surface area contributed by atoms with Gasteiger partial charge in [0.05, 0.1) is 5.56 Å². The maximum absolute atomic E-state index is 11.6. The van der Waals surface area contributed by atoms with E-state index in [-0.39, 0.29) is 5.56 Å². The molecule has 84 valence electrons. The van der Waals surface area contributed by atoms with Crippen LogP contribution in [0.4, 0.5) is 0 Å². The lowest BCUT2D eigenvalue weighted by atomic mass is 10.1. The van der Waals surface area contributed by atoms with Gasteiger partial charge in [-0.25, -0.2) is 0 Å². The molecule has 1 rings (SSSR count). The molecular weight excluding hydrogens is 192 g/mol. The number of aryl methyl sites for hydroxylation is 2. The Morgan fingerprint density at radius 2 is 2.20 bits per heavy atom. The summed E-state index contributed by atoms with van der Waals surface area (Å²) in [7, 11) is 1.61. The van der Waals surface area contributed by atoms with Crippen molar-refractivity contribution in [2.45, 2.75) is 27.3 Å². The summed E-state index contributed by atoms with van der Waals surface area (Å²) in [6, 6.07) is 0. The number of rotatable bonds is 4. The van der Waals surface area contributed by atoms with E-state index < -0.39 is 0 Å². The number of nitrogens with zero attached hydrogens (tertiary/aromatic N) is 1. The van der Waals surface area contributed by atoms with Gasteiger partial charge >= 0.3 is 0 Å². The molecule has 0 amide bonds. The molecule has 1 heterocycles. The molecule has 0 atom stereocenters. The molecule has 15 heavy (non-hydrogen) atoms. The minimum Gasteiger partial charge on any atom is -0.384 e. The summed E-state index contributed by atoms with van der Waals surface area (Å²) in [4.78, 5) is 11.6. The second kappa shape index (κ2) is 4.38. The van der Waals surface area contributed by atoms with Gasteiger partial charge in [-0.15, -0.1) is 0 Å². The van der Waals surface area contributed by atoms with Crippen LogP contribution in [0.1, 0.15) is 25.2 Å². The fourth-order valence-corrected chi connectivity index (χ4v) is 1.25. The summed E-state index contributed by atoms with van der Waals surface area (Å²) in [5.74, 6) is 1.02. The largest absolute Gasteiger partial charge is 0.384 e. The van der Waals surface area contributed by atoms with Crippen LogP contribution >= 0.6 is 0 Å². The average Bonchev–Trinajstić information content (AvgIpc) is 2.38. The molecule has 0 aliphatic carbocycles. The molecule has 0 saturated heterocycles. The van der Waals surface area contributed by atoms with E-state index in [1.807, 2.05) is 0 Å². The normalized spacial score (nSPS) is 10.7. The first kappa shape index (κ1) is 11.6. The number of hydrogen-bond donors (Lipinski definition) is 1. The molecule has 0 fully saturated rings. The van der Waals surface area contributed by atoms with Gasteiger partial charge in [0.1, 0.15) is 5.76 Å². The molecule has 1 aromatic heterocycles. The van der Waals surface area contributed by atoms with Gasteiger partial charge in [0, 0.05) is 19.3 Å². The van der Waals surface area contributed by atoms with Crippen molar-refractivity contribution in [3.63, 3.8) is 0 Å². The molecule has 0 saturated carbocycles. The zero-order chi connectivity index (χ0) is 11.6. The Kier molecular flexibility index (Phi) is 3.39. The zero-order valence-electron chi connectivity index (χ0n) is 9.76. The minimum atomic E-state index is -0.0865. The van der Waals surface area contributed by atoms with Crippen molar-refractivity contribution in [2.24, 2.45) is 13.0 Å². The monoisotopic (exact) mass is 210 g/mol. The maximum Gasteiger partial charge on any atom is 0.287 e. The lowest BCUT2D eigenvalue weighted by Gasteiger charge is -2.11. The second-order valence-electron chi connectivity index (χ2n) is 3.96. The van der Waals surface area contributed by atoms with Crippen molar-refractivity contribution in [3.05, 3.63) is 34.0 Å². The molecule has 1 N–H and O–H groups in total. The molecule has 0 unspecified atom stereocenters. The van der Waals surface area contributed by atoms with Gasteiger partial charge in [0.15, 0.2) is 0 Å². The Balaban J connectivity index is 2.74. The van der Waals surface area contributed by atoms with Crippen molar-refractivity contribution in [1.29, 1.82) is 0 Å². The fraction of sp³-hybridized carbons (Fsp3) is 0.545. The van der Waals surface area contributed by atoms with Crippen LogP contribution in [0.25, 0.3) is 0 Å². The molecule has 0 aliphatic rings. The van der Waals surface area contributed by atoms with Crippen LogP contribution in [0, 0.1) is 12.8 Å². The fourth-order valence-electron chi connectivity index (χ4n) is 1.25. The molecule has 1 aromatic rings. The SMILES string of the molecule is C=C(NCc1c(C)on(C)c1=O)C(C)C. The Bertz CT molecular complexity index is 413. The van der Waals surface area contributed by atoms with Crippen LogP contribution in [0.15, 0.2) is 21.6 Å². The Morgan fingerprint density at radius 3 is 2.60 bits per heavy atom. The van der Waals surface area contributed by atoms with Gasteiger partial charge in [-0.2, -0.15) is 4.74 Å². The Labute approximate surface area is 89.5 Å². The highest BCUT2D eigenvalue weighted by Crippen LogP contribution is 2.06. The van der Waals surface area contributed by atoms with Crippen LogP contribution in [0.2, 0.25) is 0 Å². The summed E-state index contributed by atoms with van der Waals surface area (Å²) in [5, 5.41) is 3.13. The van der Waals surface area contributed by atoms with Gasteiger partial charge < -0.3 is 9.84 Å². The summed E-state index contributed by atoms with van der Waals surface area (Å²) in [5.41, 5.74) is 1.51. The molecule has 0 aliphatic heterocycles. The smallest absolute Gasteiger partial charge is 0.287 e. The summed E-state index contributed by atoms with van der Waals surface area (Å²) in [6.07, 6.45) is 0. The highest BCUT2D eigenvalue weighted by molar-refractivity contribution is 5.13. The van der Waals surface area contributed by atoms with Crippen molar-refractivity contribution in [2.75, 3.05) is 0 Å². The predicted molar refractivity (Wildman–Crippen MR) is 59.5 cm³/mol. The van der Waals surface area contributed by atoms with E-state index in [4.69, 9.17) is 4.52 Å². The number of aromatic nitrogens is 1. The first-order chi connectivity index (χ1) is 6.93. The second-order valence-corrected chi connectivity index (χ2v) is 3.96. The van der Waals surface area contributed by atoms with Crippen LogP contribution in [-0.4, -0.2) is 4.74 Å². The number of allylic oxidation sites excluding steroid dienone is 1. The van der Waals surface area contributed by atoms with Crippen molar-refractivity contribution < 1.29 is 4.52 Å². The van der Waals surface area contributed by atoms with E-state index >= 15 is 0 Å². The lowest BCUT2D eigenvalue weighted by molar-refractivity contribution is 0.283. The van der Waals surface area contributed by atoms with Gasteiger partial charge in [0.25, 0.3) is 5.56 Å². The van der Waals surface area contributed by atoms with Crippen LogP contribution in [0.5, 0.6) is 0 Å². The summed E-state index contributed by atoms with van der Waals surface area (Å²) in [6.45, 7) is 10.3. The highest BCUT2D eigenvalue weighted by atomic mass is 16.5. The quantitative estimate of drug-likeness (QED) is 0.820. The molecule has 0 bridgehead atoms. The standard InChI is InChI=1S/C11H18N2O2/c1-7(2)8(3)12-6-10-9(4)15-13(5)11(10)14/h7,12H,3,6H2,1-2,4-5H3. The summed E-state index contributed by atoms with van der Waals surface area (Å²) < 4.78 is 6.41. The third-order valence-electron chi connectivity index (χ3n) is 2.43. The van der Waals surface area contributed by atoms with Crippen LogP contribution in [0.3, 0.4) is 0 Å². The molecule has 4 heteroatoms. The molecular formula is C11H18N2O2. The van der Waals surface area contributed by atoms with Crippen molar-refractivity contribution >= 4 is 0 Å². The first-order valence-corrected chi connectivity index (χ1v) is 5.02. The van der Waals surface area contributed by atoms with Crippen LogP contribution < -0.4 is 10.9 Å². The molecule has 0 radical (unpaired) electrons. The van der Waals surface area contributed by atoms with E-state index in [1.165, 1.54) is 4.74 Å². The number of hydrogen-bond acceptors (Lipinski definition) is 3. The van der Waals surface area contributed by atoms with E-state index in [2.05, 4.69) is 25.7 Å². The lowest BCUT2D eigenvalue weighted by Crippen LogP contribution is -2.22. The average molecular weight is 210 g/mol. The Morgan fingerprint density at radius 1 is 1.60 bits per heavy atom. The van der Waals surface area contributed by atoms with Gasteiger partial charge in [0.2, 0.25) is 0 Å². The van der Waals surface area contributed by atoms with E-state index in [0.717, 1.165) is 5.70 Å².